The average Bonchev–Trinajstić information content (AvgIpc) is 2.59. The molecule has 1 fully saturated rings. The van der Waals surface area contributed by atoms with Crippen LogP contribution < -0.4 is 0 Å². The molecule has 0 spiro atoms. The molecule has 2 heterocycles. The second kappa shape index (κ2) is 5.12. The fourth-order valence-corrected chi connectivity index (χ4v) is 3.09. The molecule has 108 valence electrons. The summed E-state index contributed by atoms with van der Waals surface area (Å²) in [5.41, 5.74) is -2.55. The molecule has 1 aliphatic heterocycles. The van der Waals surface area contributed by atoms with Crippen LogP contribution in [0.25, 0.3) is 0 Å². The fourth-order valence-electron chi connectivity index (χ4n) is 2.04. The van der Waals surface area contributed by atoms with Crippen LogP contribution in [0.1, 0.15) is 17.8 Å². The number of aliphatic hydroxyl groups is 1. The summed E-state index contributed by atoms with van der Waals surface area (Å²) < 4.78 is 40.1. The molecule has 0 unspecified atom stereocenters. The Morgan fingerprint density at radius 2 is 2.00 bits per heavy atom. The zero-order chi connectivity index (χ0) is 14.3. The number of alkyl halides is 3. The molecule has 1 saturated heterocycles. The molecule has 1 aromatic rings. The van der Waals surface area contributed by atoms with Gasteiger partial charge in [-0.3, -0.25) is 4.90 Å². The molecule has 0 saturated carbocycles. The summed E-state index contributed by atoms with van der Waals surface area (Å²) >= 11 is 6.48. The zero-order valence-corrected chi connectivity index (χ0v) is 11.9. The van der Waals surface area contributed by atoms with E-state index in [1.165, 1.54) is 11.3 Å². The number of piperidine rings is 1. The highest BCUT2D eigenvalue weighted by Crippen LogP contribution is 2.38. The maximum atomic E-state index is 12.6. The summed E-state index contributed by atoms with van der Waals surface area (Å²) in [6.07, 6.45) is -5.19. The number of aromatic nitrogens is 2. The van der Waals surface area contributed by atoms with Crippen LogP contribution in [0.3, 0.4) is 0 Å². The van der Waals surface area contributed by atoms with Crippen molar-refractivity contribution in [2.45, 2.75) is 38.2 Å². The number of aryl methyl sites for hydroxylation is 1. The van der Waals surface area contributed by atoms with E-state index in [1.54, 1.807) is 4.68 Å². The van der Waals surface area contributed by atoms with Gasteiger partial charge in [-0.05, 0) is 32.0 Å². The monoisotopic (exact) mass is 313 g/mol. The number of rotatable bonds is 2. The van der Waals surface area contributed by atoms with Crippen molar-refractivity contribution in [2.24, 2.45) is 0 Å². The number of hydrogen-bond donors (Lipinski definition) is 1. The first-order chi connectivity index (χ1) is 8.71. The van der Waals surface area contributed by atoms with Crippen molar-refractivity contribution in [1.29, 1.82) is 0 Å². The van der Waals surface area contributed by atoms with Gasteiger partial charge in [-0.2, -0.15) is 18.3 Å². The maximum absolute atomic E-state index is 12.6. The van der Waals surface area contributed by atoms with Gasteiger partial charge in [0.25, 0.3) is 0 Å². The van der Waals surface area contributed by atoms with Crippen molar-refractivity contribution >= 4 is 23.6 Å². The van der Waals surface area contributed by atoms with Gasteiger partial charge in [0.1, 0.15) is 5.01 Å². The highest BCUT2D eigenvalue weighted by atomic mass is 32.1. The van der Waals surface area contributed by atoms with Gasteiger partial charge in [0, 0.05) is 13.1 Å². The van der Waals surface area contributed by atoms with Gasteiger partial charge in [-0.15, -0.1) is 0 Å². The molecule has 1 aliphatic rings. The van der Waals surface area contributed by atoms with Crippen molar-refractivity contribution in [3.8, 4) is 0 Å². The van der Waals surface area contributed by atoms with E-state index in [2.05, 4.69) is 5.10 Å². The van der Waals surface area contributed by atoms with Gasteiger partial charge in [0.2, 0.25) is 0 Å². The summed E-state index contributed by atoms with van der Waals surface area (Å²) in [5, 5.41) is 14.6. The maximum Gasteiger partial charge on any atom is 0.417 e. The van der Waals surface area contributed by atoms with Crippen LogP contribution in [-0.4, -0.2) is 44.7 Å². The first-order valence-corrected chi connectivity index (χ1v) is 7.00. The predicted octanol–water partition coefficient (Wildman–Crippen LogP) is 2.33. The molecular weight excluding hydrogens is 299 g/mol. The number of likely N-dealkylation sites (tertiary alicyclic amines) is 1. The van der Waals surface area contributed by atoms with Crippen LogP contribution in [0, 0.1) is 10.9 Å². The van der Waals surface area contributed by atoms with Gasteiger partial charge in [-0.25, -0.2) is 4.68 Å². The zero-order valence-electron chi connectivity index (χ0n) is 10.3. The van der Waals surface area contributed by atoms with E-state index in [9.17, 15) is 18.3 Å². The molecule has 0 aromatic carbocycles. The minimum Gasteiger partial charge on any atom is -0.380 e. The minimum atomic E-state index is -4.56. The molecular formula is C10H14F3N3OS2. The SMILES string of the molecule is Cc1nn(CN2CCC(O)(C(F)(F)F)CC2)c(=S)s1. The fraction of sp³-hybridized carbons (Fsp3) is 0.800. The highest BCUT2D eigenvalue weighted by molar-refractivity contribution is 7.73. The van der Waals surface area contributed by atoms with Crippen molar-refractivity contribution in [3.05, 3.63) is 8.96 Å². The third kappa shape index (κ3) is 3.15. The quantitative estimate of drug-likeness (QED) is 0.851. The molecule has 0 amide bonds. The largest absolute Gasteiger partial charge is 0.417 e. The Morgan fingerprint density at radius 1 is 1.42 bits per heavy atom. The van der Waals surface area contributed by atoms with Crippen LogP contribution >= 0.6 is 23.6 Å². The van der Waals surface area contributed by atoms with E-state index in [-0.39, 0.29) is 25.9 Å². The average molecular weight is 313 g/mol. The molecule has 0 atom stereocenters. The smallest absolute Gasteiger partial charge is 0.380 e. The van der Waals surface area contributed by atoms with E-state index >= 15 is 0 Å². The van der Waals surface area contributed by atoms with Crippen molar-refractivity contribution in [3.63, 3.8) is 0 Å². The lowest BCUT2D eigenvalue weighted by molar-refractivity contribution is -0.273. The Balaban J connectivity index is 1.98. The van der Waals surface area contributed by atoms with Crippen molar-refractivity contribution in [2.75, 3.05) is 13.1 Å². The van der Waals surface area contributed by atoms with Crippen molar-refractivity contribution in [1.82, 2.24) is 14.7 Å². The Labute approximate surface area is 117 Å². The lowest BCUT2D eigenvalue weighted by atomic mass is 9.91. The normalized spacial score (nSPS) is 20.7. The standard InChI is InChI=1S/C10H14F3N3OS2/c1-7-14-16(8(18)19-7)6-15-4-2-9(17,3-5-15)10(11,12)13/h17H,2-6H2,1H3. The molecule has 2 rings (SSSR count). The van der Waals surface area contributed by atoms with E-state index in [1.807, 2.05) is 11.8 Å². The Bertz CT molecular complexity index is 503. The summed E-state index contributed by atoms with van der Waals surface area (Å²) in [5.74, 6) is 0. The van der Waals surface area contributed by atoms with E-state index in [4.69, 9.17) is 12.2 Å². The predicted molar refractivity (Wildman–Crippen MR) is 67.5 cm³/mol. The van der Waals surface area contributed by atoms with E-state index in [0.29, 0.717) is 10.6 Å². The molecule has 1 aromatic heterocycles. The van der Waals surface area contributed by atoms with Crippen LogP contribution in [0.15, 0.2) is 0 Å². The Morgan fingerprint density at radius 3 is 2.42 bits per heavy atom. The minimum absolute atomic E-state index is 0.175. The summed E-state index contributed by atoms with van der Waals surface area (Å²) in [6, 6.07) is 0. The van der Waals surface area contributed by atoms with Crippen LogP contribution in [0.2, 0.25) is 0 Å². The summed E-state index contributed by atoms with van der Waals surface area (Å²) in [6.45, 7) is 2.55. The molecule has 1 N–H and O–H groups in total. The third-order valence-corrected chi connectivity index (χ3v) is 4.48. The number of hydrogen-bond acceptors (Lipinski definition) is 5. The van der Waals surface area contributed by atoms with Crippen molar-refractivity contribution < 1.29 is 18.3 Å². The number of halogens is 3. The highest BCUT2D eigenvalue weighted by Gasteiger charge is 2.54. The van der Waals surface area contributed by atoms with Gasteiger partial charge in [0.15, 0.2) is 9.56 Å². The Kier molecular flexibility index (Phi) is 4.01. The van der Waals surface area contributed by atoms with Gasteiger partial charge >= 0.3 is 6.18 Å². The van der Waals surface area contributed by atoms with Crippen LogP contribution in [0.5, 0.6) is 0 Å². The summed E-state index contributed by atoms with van der Waals surface area (Å²) in [7, 11) is 0. The molecule has 0 bridgehead atoms. The molecule has 19 heavy (non-hydrogen) atoms. The first kappa shape index (κ1) is 14.9. The van der Waals surface area contributed by atoms with E-state index in [0.717, 1.165) is 5.01 Å². The topological polar surface area (TPSA) is 41.3 Å². The lowest BCUT2D eigenvalue weighted by Gasteiger charge is -2.38. The van der Waals surface area contributed by atoms with Crippen LogP contribution in [-0.2, 0) is 6.67 Å². The molecule has 0 aliphatic carbocycles. The second-order valence-corrected chi connectivity index (χ2v) is 6.50. The third-order valence-electron chi connectivity index (χ3n) is 3.25. The Hall–Kier alpha value is -0.510. The lowest BCUT2D eigenvalue weighted by Crippen LogP contribution is -2.53. The van der Waals surface area contributed by atoms with E-state index < -0.39 is 11.8 Å². The van der Waals surface area contributed by atoms with Gasteiger partial charge < -0.3 is 5.11 Å². The van der Waals surface area contributed by atoms with Gasteiger partial charge in [-0.1, -0.05) is 11.3 Å². The molecule has 4 nitrogen and oxygen atoms in total. The van der Waals surface area contributed by atoms with Crippen LogP contribution in [0.4, 0.5) is 13.2 Å². The van der Waals surface area contributed by atoms with Gasteiger partial charge in [0.05, 0.1) is 6.67 Å². The second-order valence-electron chi connectivity index (χ2n) is 4.68. The summed E-state index contributed by atoms with van der Waals surface area (Å²) in [4.78, 5) is 1.81. The number of nitrogens with zero attached hydrogens (tertiary/aromatic N) is 3. The molecule has 0 radical (unpaired) electrons. The first-order valence-electron chi connectivity index (χ1n) is 5.77. The molecule has 9 heteroatoms.